The summed E-state index contributed by atoms with van der Waals surface area (Å²) in [6.45, 7) is 0.638. The first kappa shape index (κ1) is 14.0. The highest BCUT2D eigenvalue weighted by molar-refractivity contribution is 6.02. The molecule has 0 radical (unpaired) electrons. The van der Waals surface area contributed by atoms with Gasteiger partial charge in [-0.15, -0.1) is 0 Å². The van der Waals surface area contributed by atoms with Gasteiger partial charge in [-0.3, -0.25) is 19.3 Å². The summed E-state index contributed by atoms with van der Waals surface area (Å²) in [5.41, 5.74) is 0. The summed E-state index contributed by atoms with van der Waals surface area (Å²) < 4.78 is 0. The van der Waals surface area contributed by atoms with Crippen LogP contribution in [0.2, 0.25) is 0 Å². The molecule has 2 rings (SSSR count). The van der Waals surface area contributed by atoms with Gasteiger partial charge in [0.15, 0.2) is 0 Å². The van der Waals surface area contributed by atoms with Gasteiger partial charge < -0.3 is 10.4 Å². The second-order valence-electron chi connectivity index (χ2n) is 5.25. The van der Waals surface area contributed by atoms with Crippen molar-refractivity contribution in [1.29, 1.82) is 0 Å². The van der Waals surface area contributed by atoms with Gasteiger partial charge in [-0.2, -0.15) is 0 Å². The third-order valence-electron chi connectivity index (χ3n) is 3.90. The first-order valence-electron chi connectivity index (χ1n) is 6.86. The fourth-order valence-corrected chi connectivity index (χ4v) is 2.67. The number of nitrogens with one attached hydrogen (secondary N) is 1. The summed E-state index contributed by atoms with van der Waals surface area (Å²) in [5, 5.41) is 12.4. The fourth-order valence-electron chi connectivity index (χ4n) is 2.67. The van der Waals surface area contributed by atoms with E-state index in [9.17, 15) is 19.5 Å². The molecule has 2 atom stereocenters. The molecule has 2 N–H and O–H groups in total. The van der Waals surface area contributed by atoms with Gasteiger partial charge >= 0.3 is 0 Å². The molecular formula is C13H20N2O4. The smallest absolute Gasteiger partial charge is 0.229 e. The van der Waals surface area contributed by atoms with Gasteiger partial charge in [0.1, 0.15) is 0 Å². The Labute approximate surface area is 112 Å². The molecular weight excluding hydrogens is 248 g/mol. The Bertz CT molecular complexity index is 367. The Morgan fingerprint density at radius 2 is 1.95 bits per heavy atom. The monoisotopic (exact) mass is 268 g/mol. The largest absolute Gasteiger partial charge is 0.393 e. The molecule has 106 valence electrons. The zero-order chi connectivity index (χ0) is 13.8. The Kier molecular flexibility index (Phi) is 4.52. The lowest BCUT2D eigenvalue weighted by atomic mass is 10.1. The molecule has 0 aromatic carbocycles. The van der Waals surface area contributed by atoms with E-state index in [0.717, 1.165) is 24.2 Å². The maximum absolute atomic E-state index is 11.6. The highest BCUT2D eigenvalue weighted by Gasteiger charge is 2.29. The van der Waals surface area contributed by atoms with Crippen LogP contribution < -0.4 is 5.32 Å². The first-order chi connectivity index (χ1) is 9.08. The highest BCUT2D eigenvalue weighted by atomic mass is 16.3. The minimum atomic E-state index is -0.318. The van der Waals surface area contributed by atoms with Gasteiger partial charge in [0.05, 0.1) is 6.10 Å². The predicted molar refractivity (Wildman–Crippen MR) is 66.9 cm³/mol. The minimum Gasteiger partial charge on any atom is -0.393 e. The van der Waals surface area contributed by atoms with Gasteiger partial charge in [0, 0.05) is 38.3 Å². The van der Waals surface area contributed by atoms with E-state index in [1.54, 1.807) is 0 Å². The van der Waals surface area contributed by atoms with Gasteiger partial charge in [-0.05, 0) is 12.8 Å². The molecule has 2 unspecified atom stereocenters. The lowest BCUT2D eigenvalue weighted by Crippen LogP contribution is -2.36. The van der Waals surface area contributed by atoms with Crippen molar-refractivity contribution >= 4 is 17.7 Å². The van der Waals surface area contributed by atoms with Gasteiger partial charge in [-0.25, -0.2) is 0 Å². The summed E-state index contributed by atoms with van der Waals surface area (Å²) in [6.07, 6.45) is 3.08. The number of imide groups is 1. The summed E-state index contributed by atoms with van der Waals surface area (Å²) in [6, 6.07) is 0. The van der Waals surface area contributed by atoms with E-state index in [2.05, 4.69) is 5.32 Å². The van der Waals surface area contributed by atoms with E-state index in [4.69, 9.17) is 0 Å². The normalized spacial score (nSPS) is 27.1. The molecule has 1 aliphatic heterocycles. The number of aliphatic hydroxyl groups is 1. The maximum Gasteiger partial charge on any atom is 0.229 e. The summed E-state index contributed by atoms with van der Waals surface area (Å²) in [5.74, 6) is -0.418. The third-order valence-corrected chi connectivity index (χ3v) is 3.90. The standard InChI is InChI=1S/C13H20N2O4/c16-10-3-1-2-9(10)8-14-11(17)6-7-15-12(18)4-5-13(15)19/h9-10,16H,1-8H2,(H,14,17). The van der Waals surface area contributed by atoms with Crippen molar-refractivity contribution in [3.8, 4) is 0 Å². The molecule has 0 aromatic heterocycles. The van der Waals surface area contributed by atoms with Crippen molar-refractivity contribution in [3.63, 3.8) is 0 Å². The topological polar surface area (TPSA) is 86.7 Å². The van der Waals surface area contributed by atoms with Crippen molar-refractivity contribution < 1.29 is 19.5 Å². The average molecular weight is 268 g/mol. The van der Waals surface area contributed by atoms with E-state index in [1.165, 1.54) is 0 Å². The quantitative estimate of drug-likeness (QED) is 0.676. The Morgan fingerprint density at radius 3 is 2.53 bits per heavy atom. The Morgan fingerprint density at radius 1 is 1.26 bits per heavy atom. The zero-order valence-electron chi connectivity index (χ0n) is 10.9. The van der Waals surface area contributed by atoms with Crippen molar-refractivity contribution in [2.75, 3.05) is 13.1 Å². The summed E-state index contributed by atoms with van der Waals surface area (Å²) in [4.78, 5) is 35.5. The van der Waals surface area contributed by atoms with Crippen molar-refractivity contribution in [3.05, 3.63) is 0 Å². The number of rotatable bonds is 5. The van der Waals surface area contributed by atoms with E-state index < -0.39 is 0 Å². The second kappa shape index (κ2) is 6.14. The van der Waals surface area contributed by atoms with Crippen LogP contribution in [0.3, 0.4) is 0 Å². The lowest BCUT2D eigenvalue weighted by Gasteiger charge is -2.16. The zero-order valence-corrected chi connectivity index (χ0v) is 10.9. The van der Waals surface area contributed by atoms with Gasteiger partial charge in [-0.1, -0.05) is 6.42 Å². The van der Waals surface area contributed by atoms with Crippen LogP contribution in [0.4, 0.5) is 0 Å². The molecule has 0 aromatic rings. The number of hydrogen-bond donors (Lipinski definition) is 2. The van der Waals surface area contributed by atoms with Crippen LogP contribution in [0.25, 0.3) is 0 Å². The molecule has 0 bridgehead atoms. The molecule has 19 heavy (non-hydrogen) atoms. The Hall–Kier alpha value is -1.43. The average Bonchev–Trinajstić information content (AvgIpc) is 2.92. The molecule has 1 saturated carbocycles. The number of aliphatic hydroxyl groups excluding tert-OH is 1. The van der Waals surface area contributed by atoms with Crippen molar-refractivity contribution in [1.82, 2.24) is 10.2 Å². The molecule has 3 amide bonds. The fraction of sp³-hybridized carbons (Fsp3) is 0.769. The SMILES string of the molecule is O=C(CCN1C(=O)CCC1=O)NCC1CCCC1O. The molecule has 6 heteroatoms. The van der Waals surface area contributed by atoms with Crippen LogP contribution >= 0.6 is 0 Å². The molecule has 2 aliphatic rings. The van der Waals surface area contributed by atoms with E-state index in [-0.39, 0.29) is 55.6 Å². The van der Waals surface area contributed by atoms with Crippen LogP contribution in [-0.2, 0) is 14.4 Å². The highest BCUT2D eigenvalue weighted by Crippen LogP contribution is 2.24. The molecule has 0 spiro atoms. The maximum atomic E-state index is 11.6. The molecule has 1 aliphatic carbocycles. The van der Waals surface area contributed by atoms with E-state index in [1.807, 2.05) is 0 Å². The van der Waals surface area contributed by atoms with Crippen LogP contribution in [0.1, 0.15) is 38.5 Å². The number of carbonyl (C=O) groups excluding carboxylic acids is 3. The van der Waals surface area contributed by atoms with E-state index in [0.29, 0.717) is 6.54 Å². The van der Waals surface area contributed by atoms with Crippen LogP contribution in [0, 0.1) is 5.92 Å². The third kappa shape index (κ3) is 3.53. The minimum absolute atomic E-state index is 0.138. The molecule has 1 heterocycles. The molecule has 1 saturated heterocycles. The van der Waals surface area contributed by atoms with Crippen molar-refractivity contribution in [2.45, 2.75) is 44.6 Å². The number of hydrogen-bond acceptors (Lipinski definition) is 4. The molecule has 6 nitrogen and oxygen atoms in total. The number of nitrogens with zero attached hydrogens (tertiary/aromatic N) is 1. The summed E-state index contributed by atoms with van der Waals surface area (Å²) in [7, 11) is 0. The number of carbonyl (C=O) groups is 3. The van der Waals surface area contributed by atoms with Crippen LogP contribution in [0.5, 0.6) is 0 Å². The van der Waals surface area contributed by atoms with Crippen molar-refractivity contribution in [2.24, 2.45) is 5.92 Å². The molecule has 2 fully saturated rings. The summed E-state index contributed by atoms with van der Waals surface area (Å²) >= 11 is 0. The van der Waals surface area contributed by atoms with Gasteiger partial charge in [0.2, 0.25) is 17.7 Å². The lowest BCUT2D eigenvalue weighted by molar-refractivity contribution is -0.138. The first-order valence-corrected chi connectivity index (χ1v) is 6.86. The second-order valence-corrected chi connectivity index (χ2v) is 5.25. The van der Waals surface area contributed by atoms with E-state index >= 15 is 0 Å². The number of amides is 3. The predicted octanol–water partition coefficient (Wildman–Crippen LogP) is -0.197. The van der Waals surface area contributed by atoms with Crippen LogP contribution in [0.15, 0.2) is 0 Å². The Balaban J connectivity index is 1.67. The van der Waals surface area contributed by atoms with Gasteiger partial charge in [0.25, 0.3) is 0 Å². The van der Waals surface area contributed by atoms with Crippen LogP contribution in [-0.4, -0.2) is 46.9 Å². The number of likely N-dealkylation sites (tertiary alicyclic amines) is 1.